The Hall–Kier alpha value is -1.76. The number of nitro benzene ring substituents is 1. The van der Waals surface area contributed by atoms with Crippen molar-refractivity contribution in [2.24, 2.45) is 10.7 Å². The molecular weight excluding hydrogens is 242 g/mol. The Morgan fingerprint density at radius 1 is 1.59 bits per heavy atom. The van der Waals surface area contributed by atoms with Crippen LogP contribution < -0.4 is 10.5 Å². The van der Waals surface area contributed by atoms with Crippen molar-refractivity contribution in [2.45, 2.75) is 17.9 Å². The van der Waals surface area contributed by atoms with Crippen LogP contribution in [-0.4, -0.2) is 23.1 Å². The van der Waals surface area contributed by atoms with Gasteiger partial charge in [-0.05, 0) is 19.2 Å². The number of amidine groups is 1. The number of hydrogen-bond donors (Lipinski definition) is 1. The minimum atomic E-state index is -0.429. The maximum Gasteiger partial charge on any atom is 0.286 e. The van der Waals surface area contributed by atoms with Gasteiger partial charge in [-0.15, -0.1) is 11.8 Å². The maximum atomic E-state index is 10.9. The van der Waals surface area contributed by atoms with Gasteiger partial charge in [-0.25, -0.2) is 4.99 Å². The monoisotopic (exact) mass is 253 g/mol. The molecule has 1 aromatic rings. The van der Waals surface area contributed by atoms with Crippen LogP contribution in [0.4, 0.5) is 11.4 Å². The summed E-state index contributed by atoms with van der Waals surface area (Å²) in [5.74, 6) is 0.773. The maximum absolute atomic E-state index is 10.9. The van der Waals surface area contributed by atoms with Crippen molar-refractivity contribution in [1.29, 1.82) is 0 Å². The smallest absolute Gasteiger partial charge is 0.286 e. The van der Waals surface area contributed by atoms with Crippen LogP contribution in [-0.2, 0) is 0 Å². The fraction of sp³-hybridized carbons (Fsp3) is 0.300. The number of thioether (sulfide) groups is 1. The van der Waals surface area contributed by atoms with Gasteiger partial charge in [-0.3, -0.25) is 10.1 Å². The molecule has 1 aromatic carbocycles. The van der Waals surface area contributed by atoms with Gasteiger partial charge in [0.05, 0.1) is 15.9 Å². The van der Waals surface area contributed by atoms with Crippen molar-refractivity contribution in [3.8, 4) is 5.75 Å². The van der Waals surface area contributed by atoms with Crippen LogP contribution in [0.2, 0.25) is 0 Å². The molecule has 1 unspecified atom stereocenters. The molecule has 6 nitrogen and oxygen atoms in total. The topological polar surface area (TPSA) is 90.8 Å². The largest absolute Gasteiger partial charge is 0.480 e. The molecule has 0 radical (unpaired) electrons. The predicted molar refractivity (Wildman–Crippen MR) is 66.2 cm³/mol. The van der Waals surface area contributed by atoms with E-state index in [1.807, 2.05) is 0 Å². The van der Waals surface area contributed by atoms with Crippen LogP contribution in [0.25, 0.3) is 0 Å². The Balaban J connectivity index is 2.58. The molecule has 0 aliphatic carbocycles. The summed E-state index contributed by atoms with van der Waals surface area (Å²) in [6, 6.07) is 3.02. The van der Waals surface area contributed by atoms with Gasteiger partial charge in [0.15, 0.2) is 11.9 Å². The Kier molecular flexibility index (Phi) is 2.93. The molecule has 0 fully saturated rings. The summed E-state index contributed by atoms with van der Waals surface area (Å²) in [5, 5.41) is 10.9. The van der Waals surface area contributed by atoms with Gasteiger partial charge < -0.3 is 10.5 Å². The summed E-state index contributed by atoms with van der Waals surface area (Å²) in [6.45, 7) is 1.75. The molecule has 1 aliphatic heterocycles. The van der Waals surface area contributed by atoms with Crippen LogP contribution >= 0.6 is 11.8 Å². The summed E-state index contributed by atoms with van der Waals surface area (Å²) < 4.78 is 5.46. The first-order chi connectivity index (χ1) is 8.02. The quantitative estimate of drug-likeness (QED) is 0.495. The van der Waals surface area contributed by atoms with E-state index < -0.39 is 4.92 Å². The van der Waals surface area contributed by atoms with E-state index in [9.17, 15) is 10.1 Å². The minimum absolute atomic E-state index is 0.0270. The van der Waals surface area contributed by atoms with Crippen molar-refractivity contribution >= 4 is 29.0 Å². The molecule has 17 heavy (non-hydrogen) atoms. The fourth-order valence-electron chi connectivity index (χ4n) is 1.51. The van der Waals surface area contributed by atoms with Crippen molar-refractivity contribution in [1.82, 2.24) is 0 Å². The van der Waals surface area contributed by atoms with E-state index in [-0.39, 0.29) is 11.8 Å². The van der Waals surface area contributed by atoms with Crippen LogP contribution in [0.5, 0.6) is 5.75 Å². The van der Waals surface area contributed by atoms with E-state index in [0.29, 0.717) is 22.2 Å². The molecule has 2 N–H and O–H groups in total. The molecular formula is C10H11N3O3S. The van der Waals surface area contributed by atoms with Gasteiger partial charge in [0, 0.05) is 0 Å². The summed E-state index contributed by atoms with van der Waals surface area (Å²) in [7, 11) is 0. The van der Waals surface area contributed by atoms with Crippen molar-refractivity contribution in [3.05, 3.63) is 22.2 Å². The Bertz CT molecular complexity index is 516. The van der Waals surface area contributed by atoms with E-state index in [2.05, 4.69) is 4.99 Å². The van der Waals surface area contributed by atoms with Crippen molar-refractivity contribution in [2.75, 3.05) is 6.26 Å². The summed E-state index contributed by atoms with van der Waals surface area (Å²) >= 11 is 1.29. The zero-order chi connectivity index (χ0) is 12.6. The number of fused-ring (bicyclic) bond motifs is 1. The molecule has 0 aromatic heterocycles. The molecule has 1 heterocycles. The second-order valence-electron chi connectivity index (χ2n) is 3.55. The summed E-state index contributed by atoms with van der Waals surface area (Å²) in [5.41, 5.74) is 6.23. The van der Waals surface area contributed by atoms with Gasteiger partial charge in [-0.1, -0.05) is 0 Å². The first kappa shape index (κ1) is 11.7. The van der Waals surface area contributed by atoms with E-state index in [1.165, 1.54) is 17.8 Å². The standard InChI is InChI=1S/C10H11N3O3S/c1-5-10(11)12-6-3-9(17-2)7(13(14)15)4-8(6)16-5/h3-5H,1-2H3,(H2,11,12). The zero-order valence-electron chi connectivity index (χ0n) is 9.34. The van der Waals surface area contributed by atoms with Gasteiger partial charge in [-0.2, -0.15) is 0 Å². The number of aliphatic imine (C=N–C) groups is 1. The van der Waals surface area contributed by atoms with Crippen LogP contribution in [0, 0.1) is 10.1 Å². The molecule has 1 atom stereocenters. The van der Waals surface area contributed by atoms with Crippen LogP contribution in [0.3, 0.4) is 0 Å². The third-order valence-corrected chi connectivity index (χ3v) is 3.19. The highest BCUT2D eigenvalue weighted by atomic mass is 32.2. The summed E-state index contributed by atoms with van der Waals surface area (Å²) in [6.07, 6.45) is 1.41. The third kappa shape index (κ3) is 2.05. The average molecular weight is 253 g/mol. The zero-order valence-corrected chi connectivity index (χ0v) is 10.2. The van der Waals surface area contributed by atoms with Gasteiger partial charge >= 0.3 is 0 Å². The van der Waals surface area contributed by atoms with E-state index in [4.69, 9.17) is 10.5 Å². The van der Waals surface area contributed by atoms with E-state index in [0.717, 1.165) is 0 Å². The molecule has 2 rings (SSSR count). The van der Waals surface area contributed by atoms with Gasteiger partial charge in [0.2, 0.25) is 0 Å². The normalized spacial score (nSPS) is 18.0. The molecule has 0 bridgehead atoms. The fourth-order valence-corrected chi connectivity index (χ4v) is 2.08. The van der Waals surface area contributed by atoms with Gasteiger partial charge in [0.1, 0.15) is 11.5 Å². The summed E-state index contributed by atoms with van der Waals surface area (Å²) in [4.78, 5) is 15.2. The van der Waals surface area contributed by atoms with Gasteiger partial charge in [0.25, 0.3) is 5.69 Å². The van der Waals surface area contributed by atoms with Crippen molar-refractivity contribution < 1.29 is 9.66 Å². The average Bonchev–Trinajstić information content (AvgIpc) is 2.29. The van der Waals surface area contributed by atoms with Crippen LogP contribution in [0.15, 0.2) is 22.0 Å². The highest BCUT2D eigenvalue weighted by molar-refractivity contribution is 7.98. The number of nitrogens with two attached hydrogens (primary N) is 1. The lowest BCUT2D eigenvalue weighted by molar-refractivity contribution is -0.387. The molecule has 0 saturated carbocycles. The number of ether oxygens (including phenoxy) is 1. The first-order valence-corrected chi connectivity index (χ1v) is 6.12. The molecule has 7 heteroatoms. The number of rotatable bonds is 2. The van der Waals surface area contributed by atoms with E-state index in [1.54, 1.807) is 19.2 Å². The molecule has 0 saturated heterocycles. The molecule has 0 amide bonds. The first-order valence-electron chi connectivity index (χ1n) is 4.90. The number of benzene rings is 1. The second-order valence-corrected chi connectivity index (χ2v) is 4.39. The minimum Gasteiger partial charge on any atom is -0.480 e. The lowest BCUT2D eigenvalue weighted by atomic mass is 10.2. The Morgan fingerprint density at radius 2 is 2.29 bits per heavy atom. The highest BCUT2D eigenvalue weighted by Gasteiger charge is 2.24. The predicted octanol–water partition coefficient (Wildman–Crippen LogP) is 2.09. The van der Waals surface area contributed by atoms with Crippen LogP contribution in [0.1, 0.15) is 6.92 Å². The lowest BCUT2D eigenvalue weighted by Gasteiger charge is -2.21. The lowest BCUT2D eigenvalue weighted by Crippen LogP contribution is -2.33. The SMILES string of the molecule is CSc1cc2c(cc1[N+](=O)[O-])OC(C)C(N)=N2. The number of nitro groups is 1. The second kappa shape index (κ2) is 4.25. The number of nitrogens with zero attached hydrogens (tertiary/aromatic N) is 2. The Morgan fingerprint density at radius 3 is 2.88 bits per heavy atom. The molecule has 90 valence electrons. The highest BCUT2D eigenvalue weighted by Crippen LogP contribution is 2.40. The molecule has 0 spiro atoms. The Labute approximate surface area is 102 Å². The van der Waals surface area contributed by atoms with Crippen molar-refractivity contribution in [3.63, 3.8) is 0 Å². The number of hydrogen-bond acceptors (Lipinski definition) is 6. The van der Waals surface area contributed by atoms with E-state index >= 15 is 0 Å². The third-order valence-electron chi connectivity index (χ3n) is 2.43. The molecule has 1 aliphatic rings.